The molecule has 108 valence electrons. The summed E-state index contributed by atoms with van der Waals surface area (Å²) >= 11 is 0. The second-order valence-corrected chi connectivity index (χ2v) is 4.81. The molecule has 0 bridgehead atoms. The number of hydrogen-bond acceptors (Lipinski definition) is 3. The summed E-state index contributed by atoms with van der Waals surface area (Å²) in [6.07, 6.45) is 0.214. The molecule has 0 aliphatic carbocycles. The number of primary amides is 1. The summed E-state index contributed by atoms with van der Waals surface area (Å²) in [7, 11) is 0. The van der Waals surface area contributed by atoms with Crippen LogP contribution in [-0.2, 0) is 11.2 Å². The number of anilines is 2. The van der Waals surface area contributed by atoms with E-state index in [1.165, 1.54) is 0 Å². The van der Waals surface area contributed by atoms with Gasteiger partial charge < -0.3 is 16.8 Å². The lowest BCUT2D eigenvalue weighted by Gasteiger charge is -2.11. The van der Waals surface area contributed by atoms with Crippen LogP contribution in [0, 0.1) is 6.92 Å². The molecule has 0 saturated carbocycles. The molecular formula is C16H17N3O2. The zero-order valence-electron chi connectivity index (χ0n) is 11.7. The fraction of sp³-hybridized carbons (Fsp3) is 0.125. The van der Waals surface area contributed by atoms with E-state index in [2.05, 4.69) is 5.32 Å². The minimum Gasteiger partial charge on any atom is -0.399 e. The van der Waals surface area contributed by atoms with Crippen molar-refractivity contribution >= 4 is 23.2 Å². The monoisotopic (exact) mass is 283 g/mol. The van der Waals surface area contributed by atoms with Crippen LogP contribution in [0.5, 0.6) is 0 Å². The first kappa shape index (κ1) is 14.6. The maximum absolute atomic E-state index is 12.1. The van der Waals surface area contributed by atoms with E-state index >= 15 is 0 Å². The van der Waals surface area contributed by atoms with E-state index in [-0.39, 0.29) is 12.3 Å². The van der Waals surface area contributed by atoms with E-state index < -0.39 is 5.91 Å². The van der Waals surface area contributed by atoms with Crippen molar-refractivity contribution in [3.8, 4) is 0 Å². The highest BCUT2D eigenvalue weighted by molar-refractivity contribution is 5.98. The minimum atomic E-state index is -0.514. The van der Waals surface area contributed by atoms with E-state index in [9.17, 15) is 9.59 Å². The molecule has 21 heavy (non-hydrogen) atoms. The van der Waals surface area contributed by atoms with Gasteiger partial charge in [-0.3, -0.25) is 9.59 Å². The van der Waals surface area contributed by atoms with Crippen molar-refractivity contribution in [3.63, 3.8) is 0 Å². The topological polar surface area (TPSA) is 98.2 Å². The molecule has 0 fully saturated rings. The molecule has 0 saturated heterocycles. The minimum absolute atomic E-state index is 0.176. The average molecular weight is 283 g/mol. The van der Waals surface area contributed by atoms with Crippen LogP contribution in [0.15, 0.2) is 42.5 Å². The number of amides is 2. The zero-order valence-corrected chi connectivity index (χ0v) is 11.7. The molecule has 2 aromatic carbocycles. The van der Waals surface area contributed by atoms with Gasteiger partial charge in [-0.1, -0.05) is 18.2 Å². The van der Waals surface area contributed by atoms with Crippen molar-refractivity contribution in [3.05, 3.63) is 59.2 Å². The lowest BCUT2D eigenvalue weighted by molar-refractivity contribution is -0.115. The van der Waals surface area contributed by atoms with Crippen LogP contribution in [0.3, 0.4) is 0 Å². The van der Waals surface area contributed by atoms with Crippen LogP contribution in [-0.4, -0.2) is 11.8 Å². The summed E-state index contributed by atoms with van der Waals surface area (Å²) in [6.45, 7) is 1.75. The molecule has 2 amide bonds. The Hall–Kier alpha value is -2.82. The summed E-state index contributed by atoms with van der Waals surface area (Å²) in [5.41, 5.74) is 14.1. The van der Waals surface area contributed by atoms with Gasteiger partial charge in [-0.25, -0.2) is 0 Å². The number of carbonyl (C=O) groups is 2. The van der Waals surface area contributed by atoms with Crippen molar-refractivity contribution in [1.82, 2.24) is 0 Å². The van der Waals surface area contributed by atoms with Crippen LogP contribution in [0.4, 0.5) is 11.4 Å². The Kier molecular flexibility index (Phi) is 4.23. The number of nitrogens with one attached hydrogen (secondary N) is 1. The number of benzene rings is 2. The second-order valence-electron chi connectivity index (χ2n) is 4.81. The van der Waals surface area contributed by atoms with E-state index in [1.54, 1.807) is 43.3 Å². The van der Waals surface area contributed by atoms with Gasteiger partial charge in [-0.15, -0.1) is 0 Å². The molecule has 0 atom stereocenters. The highest BCUT2D eigenvalue weighted by Gasteiger charge is 2.11. The molecule has 5 N–H and O–H groups in total. The zero-order chi connectivity index (χ0) is 15.4. The lowest BCUT2D eigenvalue weighted by atomic mass is 10.1. The molecule has 0 unspecified atom stereocenters. The quantitative estimate of drug-likeness (QED) is 0.747. The second kappa shape index (κ2) is 6.09. The van der Waals surface area contributed by atoms with E-state index in [4.69, 9.17) is 11.5 Å². The molecule has 0 radical (unpaired) electrons. The van der Waals surface area contributed by atoms with Crippen molar-refractivity contribution in [2.75, 3.05) is 11.1 Å². The predicted molar refractivity (Wildman–Crippen MR) is 82.9 cm³/mol. The number of rotatable bonds is 4. The number of nitrogen functional groups attached to an aromatic ring is 1. The van der Waals surface area contributed by atoms with E-state index in [0.717, 1.165) is 5.56 Å². The summed E-state index contributed by atoms with van der Waals surface area (Å²) in [6, 6.07) is 12.2. The third-order valence-corrected chi connectivity index (χ3v) is 3.19. The van der Waals surface area contributed by atoms with Crippen molar-refractivity contribution in [2.45, 2.75) is 13.3 Å². The standard InChI is InChI=1S/C16H17N3O2/c1-10-13(16(18)21)6-3-7-14(10)19-15(20)9-11-4-2-5-12(17)8-11/h2-8H,9,17H2,1H3,(H2,18,21)(H,19,20). The Morgan fingerprint density at radius 2 is 1.86 bits per heavy atom. The first-order valence-electron chi connectivity index (χ1n) is 6.51. The van der Waals surface area contributed by atoms with Crippen molar-refractivity contribution in [2.24, 2.45) is 5.73 Å². The Morgan fingerprint density at radius 1 is 1.14 bits per heavy atom. The molecule has 2 aromatic rings. The highest BCUT2D eigenvalue weighted by Crippen LogP contribution is 2.19. The maximum Gasteiger partial charge on any atom is 0.249 e. The summed E-state index contributed by atoms with van der Waals surface area (Å²) in [5, 5.41) is 2.79. The first-order chi connectivity index (χ1) is 9.97. The molecular weight excluding hydrogens is 266 g/mol. The smallest absolute Gasteiger partial charge is 0.249 e. The van der Waals surface area contributed by atoms with Gasteiger partial charge in [-0.05, 0) is 42.3 Å². The van der Waals surface area contributed by atoms with Gasteiger partial charge in [0.1, 0.15) is 0 Å². The van der Waals surface area contributed by atoms with Crippen molar-refractivity contribution in [1.29, 1.82) is 0 Å². The van der Waals surface area contributed by atoms with Gasteiger partial charge in [0.15, 0.2) is 0 Å². The fourth-order valence-corrected chi connectivity index (χ4v) is 2.12. The molecule has 0 heterocycles. The Morgan fingerprint density at radius 3 is 2.52 bits per heavy atom. The molecule has 0 spiro atoms. The molecule has 0 aliphatic rings. The largest absolute Gasteiger partial charge is 0.399 e. The average Bonchev–Trinajstić information content (AvgIpc) is 2.40. The van der Waals surface area contributed by atoms with Gasteiger partial charge >= 0.3 is 0 Å². The van der Waals surface area contributed by atoms with Gasteiger partial charge in [0, 0.05) is 16.9 Å². The number of carbonyl (C=O) groups excluding carboxylic acids is 2. The Balaban J connectivity index is 2.13. The maximum atomic E-state index is 12.1. The normalized spacial score (nSPS) is 10.1. The lowest BCUT2D eigenvalue weighted by Crippen LogP contribution is -2.18. The Labute approximate surface area is 123 Å². The SMILES string of the molecule is Cc1c(NC(=O)Cc2cccc(N)c2)cccc1C(N)=O. The third-order valence-electron chi connectivity index (χ3n) is 3.19. The van der Waals surface area contributed by atoms with Crippen LogP contribution in [0.2, 0.25) is 0 Å². The van der Waals surface area contributed by atoms with Gasteiger partial charge in [-0.2, -0.15) is 0 Å². The van der Waals surface area contributed by atoms with Crippen LogP contribution in [0.1, 0.15) is 21.5 Å². The summed E-state index contributed by atoms with van der Waals surface area (Å²) in [4.78, 5) is 23.3. The molecule has 5 nitrogen and oxygen atoms in total. The third kappa shape index (κ3) is 3.60. The van der Waals surface area contributed by atoms with Gasteiger partial charge in [0.05, 0.1) is 6.42 Å². The Bertz CT molecular complexity index is 696. The van der Waals surface area contributed by atoms with E-state index in [1.807, 2.05) is 6.07 Å². The predicted octanol–water partition coefficient (Wildman–Crippen LogP) is 1.86. The highest BCUT2D eigenvalue weighted by atomic mass is 16.2. The molecule has 2 rings (SSSR count). The summed E-state index contributed by atoms with van der Waals surface area (Å²) in [5.74, 6) is -0.690. The number of nitrogens with two attached hydrogens (primary N) is 2. The van der Waals surface area contributed by atoms with Crippen LogP contribution < -0.4 is 16.8 Å². The van der Waals surface area contributed by atoms with E-state index in [0.29, 0.717) is 22.5 Å². The van der Waals surface area contributed by atoms with Crippen molar-refractivity contribution < 1.29 is 9.59 Å². The number of hydrogen-bond donors (Lipinski definition) is 3. The molecule has 0 aromatic heterocycles. The fourth-order valence-electron chi connectivity index (χ4n) is 2.12. The van der Waals surface area contributed by atoms with Crippen LogP contribution >= 0.6 is 0 Å². The van der Waals surface area contributed by atoms with Crippen LogP contribution in [0.25, 0.3) is 0 Å². The summed E-state index contributed by atoms with van der Waals surface area (Å²) < 4.78 is 0. The first-order valence-corrected chi connectivity index (χ1v) is 6.51. The molecule has 5 heteroatoms. The molecule has 0 aliphatic heterocycles. The van der Waals surface area contributed by atoms with Gasteiger partial charge in [0.25, 0.3) is 0 Å². The van der Waals surface area contributed by atoms with Gasteiger partial charge in [0.2, 0.25) is 11.8 Å².